The molecule has 1 heterocycles. The summed E-state index contributed by atoms with van der Waals surface area (Å²) in [5.41, 5.74) is 2.61. The molecule has 1 aliphatic rings. The second kappa shape index (κ2) is 12.2. The number of carboxylic acids is 1. The Morgan fingerprint density at radius 3 is 2.53 bits per heavy atom. The fourth-order valence-electron chi connectivity index (χ4n) is 3.88. The first-order chi connectivity index (χ1) is 15.0. The SMILES string of the molecule is CCOC(=O)C(CCc1ccccc1)NC1CCc2ccccc2N(CC(=O)O)C1=O.[Cl-]. The minimum atomic E-state index is -1.09. The number of benzene rings is 2. The van der Waals surface area contributed by atoms with E-state index in [1.165, 1.54) is 4.90 Å². The van der Waals surface area contributed by atoms with Crippen LogP contribution in [0.15, 0.2) is 54.6 Å². The van der Waals surface area contributed by atoms with Crippen LogP contribution in [0.4, 0.5) is 5.69 Å². The molecule has 2 atom stereocenters. The number of amides is 1. The Kier molecular flexibility index (Phi) is 9.68. The van der Waals surface area contributed by atoms with Gasteiger partial charge in [-0.1, -0.05) is 48.5 Å². The number of hydrogen-bond donors (Lipinski definition) is 2. The molecule has 1 amide bonds. The molecule has 2 unspecified atom stereocenters. The quantitative estimate of drug-likeness (QED) is 0.494. The average Bonchev–Trinajstić information content (AvgIpc) is 2.89. The first-order valence-electron chi connectivity index (χ1n) is 10.6. The van der Waals surface area contributed by atoms with E-state index in [2.05, 4.69) is 5.32 Å². The maximum Gasteiger partial charge on any atom is 0.323 e. The van der Waals surface area contributed by atoms with Gasteiger partial charge in [-0.25, -0.2) is 0 Å². The molecule has 0 saturated heterocycles. The molecule has 0 aliphatic carbocycles. The summed E-state index contributed by atoms with van der Waals surface area (Å²) in [4.78, 5) is 38.6. The van der Waals surface area contributed by atoms with Gasteiger partial charge in [0.05, 0.1) is 12.6 Å². The Balaban J connectivity index is 0.00000363. The Morgan fingerprint density at radius 2 is 1.84 bits per heavy atom. The van der Waals surface area contributed by atoms with Crippen molar-refractivity contribution in [3.63, 3.8) is 0 Å². The second-order valence-electron chi connectivity index (χ2n) is 7.53. The zero-order chi connectivity index (χ0) is 22.2. The number of carbonyl (C=O) groups excluding carboxylic acids is 2. The average molecular weight is 460 g/mol. The molecule has 0 saturated carbocycles. The van der Waals surface area contributed by atoms with Crippen molar-refractivity contribution in [2.45, 2.75) is 44.7 Å². The van der Waals surface area contributed by atoms with Gasteiger partial charge in [0, 0.05) is 5.69 Å². The normalized spacial score (nSPS) is 16.3. The van der Waals surface area contributed by atoms with Gasteiger partial charge in [0.2, 0.25) is 5.91 Å². The maximum absolute atomic E-state index is 13.3. The van der Waals surface area contributed by atoms with E-state index in [0.29, 0.717) is 31.4 Å². The van der Waals surface area contributed by atoms with E-state index in [0.717, 1.165) is 11.1 Å². The Labute approximate surface area is 194 Å². The third-order valence-corrected chi connectivity index (χ3v) is 5.38. The second-order valence-corrected chi connectivity index (χ2v) is 7.53. The third kappa shape index (κ3) is 6.55. The van der Waals surface area contributed by atoms with E-state index in [1.54, 1.807) is 19.1 Å². The highest BCUT2D eigenvalue weighted by molar-refractivity contribution is 6.02. The van der Waals surface area contributed by atoms with Crippen LogP contribution in [-0.4, -0.2) is 48.2 Å². The van der Waals surface area contributed by atoms with Crippen LogP contribution in [0.3, 0.4) is 0 Å². The highest BCUT2D eigenvalue weighted by Gasteiger charge is 2.34. The summed E-state index contributed by atoms with van der Waals surface area (Å²) < 4.78 is 5.23. The summed E-state index contributed by atoms with van der Waals surface area (Å²) in [6, 6.07) is 15.8. The molecule has 2 aromatic rings. The smallest absolute Gasteiger partial charge is 0.323 e. The number of aryl methyl sites for hydroxylation is 2. The van der Waals surface area contributed by atoms with Crippen LogP contribution in [0.5, 0.6) is 0 Å². The fraction of sp³-hybridized carbons (Fsp3) is 0.375. The third-order valence-electron chi connectivity index (χ3n) is 5.38. The fourth-order valence-corrected chi connectivity index (χ4v) is 3.88. The summed E-state index contributed by atoms with van der Waals surface area (Å²) >= 11 is 0. The standard InChI is InChI=1S/C24H28N2O5.ClH/c1-2-31-24(30)20(14-12-17-8-4-3-5-9-17)25-19-15-13-18-10-6-7-11-21(18)26(23(19)29)16-22(27)28;/h3-11,19-20,25H,2,12-16H2,1H3,(H,27,28);1H/p-1. The number of carboxylic acid groups (broad SMARTS) is 1. The summed E-state index contributed by atoms with van der Waals surface area (Å²) in [6.07, 6.45) is 2.19. The molecule has 0 radical (unpaired) electrons. The molecule has 3 rings (SSSR count). The molecule has 2 aromatic carbocycles. The molecule has 8 heteroatoms. The Bertz CT molecular complexity index is 922. The Morgan fingerprint density at radius 1 is 1.16 bits per heavy atom. The molecule has 7 nitrogen and oxygen atoms in total. The molecule has 32 heavy (non-hydrogen) atoms. The van der Waals surface area contributed by atoms with E-state index in [9.17, 15) is 19.5 Å². The van der Waals surface area contributed by atoms with Crippen LogP contribution in [0.25, 0.3) is 0 Å². The van der Waals surface area contributed by atoms with Gasteiger partial charge in [-0.05, 0) is 49.8 Å². The number of anilines is 1. The molecule has 0 spiro atoms. The van der Waals surface area contributed by atoms with Gasteiger partial charge in [-0.2, -0.15) is 0 Å². The number of rotatable bonds is 9. The van der Waals surface area contributed by atoms with Crippen molar-refractivity contribution in [2.24, 2.45) is 0 Å². The van der Waals surface area contributed by atoms with Crippen LogP contribution < -0.4 is 22.6 Å². The van der Waals surface area contributed by atoms with Crippen LogP contribution in [0, 0.1) is 0 Å². The number of fused-ring (bicyclic) bond motifs is 1. The zero-order valence-electron chi connectivity index (χ0n) is 18.0. The van der Waals surface area contributed by atoms with Crippen molar-refractivity contribution in [1.82, 2.24) is 5.32 Å². The minimum absolute atomic E-state index is 0. The highest BCUT2D eigenvalue weighted by Crippen LogP contribution is 2.27. The molecule has 1 aliphatic heterocycles. The zero-order valence-corrected chi connectivity index (χ0v) is 18.8. The lowest BCUT2D eigenvalue weighted by atomic mass is 10.0. The van der Waals surface area contributed by atoms with E-state index < -0.39 is 30.6 Å². The Hall–Kier alpha value is -2.90. The van der Waals surface area contributed by atoms with Gasteiger partial charge in [0.25, 0.3) is 0 Å². The topological polar surface area (TPSA) is 95.9 Å². The summed E-state index contributed by atoms with van der Waals surface area (Å²) in [6.45, 7) is 1.56. The van der Waals surface area contributed by atoms with E-state index in [1.807, 2.05) is 42.5 Å². The van der Waals surface area contributed by atoms with Crippen LogP contribution in [0.1, 0.15) is 30.9 Å². The minimum Gasteiger partial charge on any atom is -1.00 e. The molecule has 0 bridgehead atoms. The van der Waals surface area contributed by atoms with Crippen LogP contribution in [0.2, 0.25) is 0 Å². The van der Waals surface area contributed by atoms with E-state index in [4.69, 9.17) is 4.74 Å². The number of para-hydroxylation sites is 1. The number of nitrogens with one attached hydrogen (secondary N) is 1. The number of carbonyl (C=O) groups is 3. The number of aliphatic carboxylic acids is 1. The van der Waals surface area contributed by atoms with Crippen molar-refractivity contribution in [1.29, 1.82) is 0 Å². The summed E-state index contributed by atoms with van der Waals surface area (Å²) in [5, 5.41) is 12.5. The van der Waals surface area contributed by atoms with Crippen molar-refractivity contribution < 1.29 is 36.6 Å². The first kappa shape index (κ1) is 25.4. The monoisotopic (exact) mass is 459 g/mol. The van der Waals surface area contributed by atoms with Crippen molar-refractivity contribution in [2.75, 3.05) is 18.1 Å². The lowest BCUT2D eigenvalue weighted by Crippen LogP contribution is -3.00. The number of ether oxygens (including phenoxy) is 1. The van der Waals surface area contributed by atoms with Gasteiger partial charge >= 0.3 is 11.9 Å². The lowest BCUT2D eigenvalue weighted by Gasteiger charge is -2.27. The van der Waals surface area contributed by atoms with Gasteiger partial charge in [0.1, 0.15) is 12.6 Å². The number of hydrogen-bond acceptors (Lipinski definition) is 5. The molecule has 172 valence electrons. The maximum atomic E-state index is 13.3. The van der Waals surface area contributed by atoms with Gasteiger partial charge in [0.15, 0.2) is 0 Å². The predicted octanol–water partition coefficient (Wildman–Crippen LogP) is -0.423. The summed E-state index contributed by atoms with van der Waals surface area (Å²) in [5.74, 6) is -1.84. The lowest BCUT2D eigenvalue weighted by molar-refractivity contribution is -0.146. The van der Waals surface area contributed by atoms with Crippen molar-refractivity contribution >= 4 is 23.5 Å². The van der Waals surface area contributed by atoms with Gasteiger partial charge in [-0.15, -0.1) is 0 Å². The van der Waals surface area contributed by atoms with Crippen LogP contribution >= 0.6 is 0 Å². The molecule has 0 aromatic heterocycles. The van der Waals surface area contributed by atoms with Crippen molar-refractivity contribution in [3.05, 3.63) is 65.7 Å². The van der Waals surface area contributed by atoms with E-state index >= 15 is 0 Å². The largest absolute Gasteiger partial charge is 1.00 e. The van der Waals surface area contributed by atoms with Gasteiger partial charge in [-0.3, -0.25) is 24.6 Å². The summed E-state index contributed by atoms with van der Waals surface area (Å²) in [7, 11) is 0. The first-order valence-corrected chi connectivity index (χ1v) is 10.6. The van der Waals surface area contributed by atoms with Gasteiger partial charge < -0.3 is 22.3 Å². The predicted molar refractivity (Wildman–Crippen MR) is 117 cm³/mol. The van der Waals surface area contributed by atoms with Crippen LogP contribution in [-0.2, 0) is 32.0 Å². The van der Waals surface area contributed by atoms with E-state index in [-0.39, 0.29) is 24.9 Å². The number of esters is 1. The molecule has 0 fully saturated rings. The highest BCUT2D eigenvalue weighted by atomic mass is 35.5. The molecular formula is C24H28ClN2O5-. The molecule has 2 N–H and O–H groups in total. The molecular weight excluding hydrogens is 432 g/mol. The number of nitrogens with zero attached hydrogens (tertiary/aromatic N) is 1. The van der Waals surface area contributed by atoms with Crippen molar-refractivity contribution in [3.8, 4) is 0 Å². The number of halogens is 1.